The lowest BCUT2D eigenvalue weighted by Gasteiger charge is -2.57. The van der Waals surface area contributed by atoms with Crippen molar-refractivity contribution in [1.29, 1.82) is 5.26 Å². The number of benzene rings is 6. The molecule has 4 aliphatic rings. The van der Waals surface area contributed by atoms with Crippen molar-refractivity contribution in [2.75, 3.05) is 0 Å². The Morgan fingerprint density at radius 3 is 1.48 bits per heavy atom. The summed E-state index contributed by atoms with van der Waals surface area (Å²) in [4.78, 5) is 15.1. The van der Waals surface area contributed by atoms with E-state index in [2.05, 4.69) is 103 Å². The largest absolute Gasteiger partial charge is 0.208 e. The quantitative estimate of drug-likeness (QED) is 0.166. The Hall–Kier alpha value is -6.18. The smallest absolute Gasteiger partial charge is 0.164 e. The second-order valence-electron chi connectivity index (χ2n) is 15.9. The minimum absolute atomic E-state index is 0.357. The van der Waals surface area contributed by atoms with Crippen molar-refractivity contribution >= 4 is 0 Å². The molecule has 1 heterocycles. The van der Waals surface area contributed by atoms with Crippen LogP contribution in [-0.4, -0.2) is 15.0 Å². The van der Waals surface area contributed by atoms with Crippen molar-refractivity contribution in [3.8, 4) is 73.6 Å². The van der Waals surface area contributed by atoms with E-state index in [0.29, 0.717) is 28.5 Å². The summed E-state index contributed by atoms with van der Waals surface area (Å²) in [7, 11) is 0. The van der Waals surface area contributed by atoms with Crippen LogP contribution in [0.15, 0.2) is 152 Å². The molecule has 0 unspecified atom stereocenters. The third kappa shape index (κ3) is 6.10. The van der Waals surface area contributed by atoms with Crippen LogP contribution in [0.25, 0.3) is 67.5 Å². The average Bonchev–Trinajstić information content (AvgIpc) is 3.23. The molecule has 0 amide bonds. The third-order valence-corrected chi connectivity index (χ3v) is 12.3. The minimum atomic E-state index is 0.357. The fourth-order valence-electron chi connectivity index (χ4n) is 10.2. The summed E-state index contributed by atoms with van der Waals surface area (Å²) in [6.45, 7) is 0. The van der Waals surface area contributed by atoms with E-state index in [9.17, 15) is 5.26 Å². The molecular formula is C50H40N4. The minimum Gasteiger partial charge on any atom is -0.208 e. The lowest BCUT2D eigenvalue weighted by Crippen LogP contribution is -2.48. The highest BCUT2D eigenvalue weighted by molar-refractivity contribution is 5.82. The zero-order valence-corrected chi connectivity index (χ0v) is 30.2. The van der Waals surface area contributed by atoms with E-state index >= 15 is 0 Å². The van der Waals surface area contributed by atoms with Gasteiger partial charge in [0.2, 0.25) is 0 Å². The van der Waals surface area contributed by atoms with Crippen LogP contribution in [0.4, 0.5) is 0 Å². The van der Waals surface area contributed by atoms with Crippen LogP contribution in [0.3, 0.4) is 0 Å². The van der Waals surface area contributed by atoms with Crippen LogP contribution < -0.4 is 0 Å². The summed E-state index contributed by atoms with van der Waals surface area (Å²) in [5.41, 5.74) is 11.9. The van der Waals surface area contributed by atoms with Crippen LogP contribution in [0.2, 0.25) is 0 Å². The maximum Gasteiger partial charge on any atom is 0.164 e. The topological polar surface area (TPSA) is 62.5 Å². The fourth-order valence-corrected chi connectivity index (χ4v) is 10.2. The number of hydrogen-bond acceptors (Lipinski definition) is 4. The summed E-state index contributed by atoms with van der Waals surface area (Å²) in [5, 5.41) is 9.69. The molecule has 4 saturated carbocycles. The van der Waals surface area contributed by atoms with Crippen molar-refractivity contribution < 1.29 is 0 Å². The Morgan fingerprint density at radius 2 is 0.852 bits per heavy atom. The summed E-state index contributed by atoms with van der Waals surface area (Å²) in [6, 6.07) is 55.4. The number of nitriles is 1. The van der Waals surface area contributed by atoms with Gasteiger partial charge in [-0.05, 0) is 137 Å². The molecule has 4 nitrogen and oxygen atoms in total. The van der Waals surface area contributed by atoms with E-state index < -0.39 is 0 Å². The first-order valence-corrected chi connectivity index (χ1v) is 19.3. The van der Waals surface area contributed by atoms with Gasteiger partial charge in [-0.3, -0.25) is 0 Å². The summed E-state index contributed by atoms with van der Waals surface area (Å²) in [6.07, 6.45) is 8.43. The Labute approximate surface area is 317 Å². The molecule has 0 aliphatic heterocycles. The summed E-state index contributed by atoms with van der Waals surface area (Å²) in [5.74, 6) is 4.46. The van der Waals surface area contributed by atoms with Crippen LogP contribution in [0.5, 0.6) is 0 Å². The van der Waals surface area contributed by atoms with Crippen LogP contribution in [0, 0.1) is 29.1 Å². The molecule has 0 saturated heterocycles. The molecular weight excluding hydrogens is 657 g/mol. The van der Waals surface area contributed by atoms with Crippen molar-refractivity contribution in [3.63, 3.8) is 0 Å². The van der Waals surface area contributed by atoms with Gasteiger partial charge in [-0.15, -0.1) is 0 Å². The zero-order valence-electron chi connectivity index (χ0n) is 30.2. The van der Waals surface area contributed by atoms with Gasteiger partial charge >= 0.3 is 0 Å². The lowest BCUT2D eigenvalue weighted by molar-refractivity contribution is -0.00518. The first-order valence-electron chi connectivity index (χ1n) is 19.3. The molecule has 0 radical (unpaired) electrons. The summed E-state index contributed by atoms with van der Waals surface area (Å²) < 4.78 is 0. The van der Waals surface area contributed by atoms with Crippen LogP contribution in [-0.2, 0) is 5.41 Å². The molecule has 7 aromatic rings. The van der Waals surface area contributed by atoms with Crippen molar-refractivity contribution in [2.24, 2.45) is 17.8 Å². The molecule has 4 fully saturated rings. The maximum atomic E-state index is 9.69. The van der Waals surface area contributed by atoms with Gasteiger partial charge in [0.1, 0.15) is 0 Å². The van der Waals surface area contributed by atoms with Gasteiger partial charge < -0.3 is 0 Å². The van der Waals surface area contributed by atoms with Gasteiger partial charge in [0.05, 0.1) is 11.6 Å². The Kier molecular flexibility index (Phi) is 8.02. The molecule has 1 aromatic heterocycles. The monoisotopic (exact) mass is 696 g/mol. The van der Waals surface area contributed by atoms with E-state index in [1.165, 1.54) is 60.8 Å². The number of aromatic nitrogens is 3. The standard InChI is InChI=1S/C50H40N4/c51-32-33-9-7-16-42(24-33)48-52-47(39-12-5-2-6-13-39)53-49(54-48)45-27-43(26-44(28-45)41-15-8-14-40(25-41)37-10-3-1-4-11-37)38-17-19-46(20-18-38)50-29-34-21-35(30-50)23-36(22-34)31-50/h1-20,24-28,34-36H,21-23,29-31H2/t34-,35+,36-,50?. The molecule has 6 aromatic carbocycles. The SMILES string of the molecule is N#Cc1cccc(-c2nc(-c3ccccc3)nc(-c3cc(-c4ccc(C56C[C@H]7C[C@@H](C5)C[C@@H](C6)C7)cc4)cc(-c4cccc(-c5ccccc5)c4)c3)n2)c1. The second kappa shape index (κ2) is 13.3. The number of rotatable bonds is 7. The molecule has 4 bridgehead atoms. The predicted molar refractivity (Wildman–Crippen MR) is 217 cm³/mol. The van der Waals surface area contributed by atoms with Crippen LogP contribution in [0.1, 0.15) is 49.7 Å². The molecule has 4 aliphatic carbocycles. The molecule has 4 heteroatoms. The Bertz CT molecular complexity index is 2500. The van der Waals surface area contributed by atoms with E-state index in [4.69, 9.17) is 15.0 Å². The predicted octanol–water partition coefficient (Wildman–Crippen LogP) is 12.2. The van der Waals surface area contributed by atoms with Gasteiger partial charge in [0.25, 0.3) is 0 Å². The third-order valence-electron chi connectivity index (χ3n) is 12.3. The van der Waals surface area contributed by atoms with E-state index in [1.807, 2.05) is 48.5 Å². The zero-order chi connectivity index (χ0) is 36.1. The average molecular weight is 697 g/mol. The van der Waals surface area contributed by atoms with Gasteiger partial charge in [-0.2, -0.15) is 5.26 Å². The molecule has 54 heavy (non-hydrogen) atoms. The van der Waals surface area contributed by atoms with Crippen molar-refractivity contribution in [1.82, 2.24) is 15.0 Å². The molecule has 11 rings (SSSR count). The summed E-state index contributed by atoms with van der Waals surface area (Å²) >= 11 is 0. The van der Waals surface area contributed by atoms with E-state index in [0.717, 1.165) is 51.1 Å². The van der Waals surface area contributed by atoms with Gasteiger partial charge in [-0.25, -0.2) is 15.0 Å². The van der Waals surface area contributed by atoms with Crippen molar-refractivity contribution in [2.45, 2.75) is 43.9 Å². The van der Waals surface area contributed by atoms with E-state index in [-0.39, 0.29) is 0 Å². The second-order valence-corrected chi connectivity index (χ2v) is 15.9. The molecule has 260 valence electrons. The van der Waals surface area contributed by atoms with E-state index in [1.54, 1.807) is 6.07 Å². The maximum absolute atomic E-state index is 9.69. The first-order chi connectivity index (χ1) is 26.6. The Morgan fingerprint density at radius 1 is 0.407 bits per heavy atom. The number of nitrogens with zero attached hydrogens (tertiary/aromatic N) is 4. The van der Waals surface area contributed by atoms with Gasteiger partial charge in [-0.1, -0.05) is 115 Å². The molecule has 0 atom stereocenters. The molecule has 0 N–H and O–H groups in total. The van der Waals surface area contributed by atoms with Crippen molar-refractivity contribution in [3.05, 3.63) is 163 Å². The number of hydrogen-bond donors (Lipinski definition) is 0. The normalized spacial score (nSPS) is 21.1. The fraction of sp³-hybridized carbons (Fsp3) is 0.200. The van der Waals surface area contributed by atoms with Gasteiger partial charge in [0, 0.05) is 16.7 Å². The first kappa shape index (κ1) is 32.5. The highest BCUT2D eigenvalue weighted by Gasteiger charge is 2.51. The molecule has 0 spiro atoms. The highest BCUT2D eigenvalue weighted by atomic mass is 15.0. The highest BCUT2D eigenvalue weighted by Crippen LogP contribution is 2.60. The van der Waals surface area contributed by atoms with Crippen LogP contribution >= 0.6 is 0 Å². The Balaban J connectivity index is 1.12. The lowest BCUT2D eigenvalue weighted by atomic mass is 9.48. The van der Waals surface area contributed by atoms with Gasteiger partial charge in [0.15, 0.2) is 17.5 Å².